The van der Waals surface area contributed by atoms with Gasteiger partial charge in [-0.2, -0.15) is 0 Å². The Balaban J connectivity index is 1.74. The van der Waals surface area contributed by atoms with E-state index in [1.54, 1.807) is 0 Å². The monoisotopic (exact) mass is 271 g/mol. The quantitative estimate of drug-likeness (QED) is 0.790. The molecule has 3 rings (SSSR count). The van der Waals surface area contributed by atoms with Crippen LogP contribution in [0.5, 0.6) is 5.75 Å². The molecule has 0 aliphatic heterocycles. The first-order valence-electron chi connectivity index (χ1n) is 5.97. The van der Waals surface area contributed by atoms with Crippen LogP contribution in [0.4, 0.5) is 5.13 Å². The number of anilines is 1. The summed E-state index contributed by atoms with van der Waals surface area (Å²) in [6.07, 6.45) is 0. The van der Waals surface area contributed by atoms with E-state index in [2.05, 4.69) is 33.7 Å². The van der Waals surface area contributed by atoms with Crippen LogP contribution < -0.4 is 10.1 Å². The van der Waals surface area contributed by atoms with Crippen molar-refractivity contribution in [2.75, 3.05) is 12.4 Å². The van der Waals surface area contributed by atoms with Gasteiger partial charge in [-0.25, -0.2) is 0 Å². The van der Waals surface area contributed by atoms with Crippen molar-refractivity contribution in [1.29, 1.82) is 0 Å². The van der Waals surface area contributed by atoms with Crippen molar-refractivity contribution < 1.29 is 4.74 Å². The van der Waals surface area contributed by atoms with Crippen LogP contribution in [-0.2, 0) is 6.61 Å². The fraction of sp³-hybridized carbons (Fsp3) is 0.143. The second-order valence-electron chi connectivity index (χ2n) is 4.05. The smallest absolute Gasteiger partial charge is 0.205 e. The Morgan fingerprint density at radius 1 is 1.11 bits per heavy atom. The van der Waals surface area contributed by atoms with Crippen molar-refractivity contribution in [2.24, 2.45) is 0 Å². The van der Waals surface area contributed by atoms with Gasteiger partial charge in [0.25, 0.3) is 0 Å². The lowest BCUT2D eigenvalue weighted by Crippen LogP contribution is -1.94. The minimum absolute atomic E-state index is 0.442. The van der Waals surface area contributed by atoms with Gasteiger partial charge in [-0.15, -0.1) is 10.2 Å². The maximum atomic E-state index is 5.74. The Hall–Kier alpha value is -2.14. The second kappa shape index (κ2) is 5.24. The fourth-order valence-corrected chi connectivity index (χ4v) is 2.42. The summed E-state index contributed by atoms with van der Waals surface area (Å²) in [5.41, 5.74) is 0. The molecule has 0 amide bonds. The molecule has 0 unspecified atom stereocenters. The minimum atomic E-state index is 0.442. The van der Waals surface area contributed by atoms with Crippen LogP contribution in [0.25, 0.3) is 10.8 Å². The van der Waals surface area contributed by atoms with Crippen molar-refractivity contribution in [2.45, 2.75) is 6.61 Å². The largest absolute Gasteiger partial charge is 0.486 e. The van der Waals surface area contributed by atoms with Gasteiger partial charge in [-0.05, 0) is 22.9 Å². The lowest BCUT2D eigenvalue weighted by atomic mass is 10.1. The maximum absolute atomic E-state index is 5.74. The topological polar surface area (TPSA) is 47.0 Å². The van der Waals surface area contributed by atoms with Crippen molar-refractivity contribution in [1.82, 2.24) is 10.2 Å². The third-order valence-corrected chi connectivity index (χ3v) is 3.68. The molecule has 1 aromatic heterocycles. The van der Waals surface area contributed by atoms with E-state index < -0.39 is 0 Å². The summed E-state index contributed by atoms with van der Waals surface area (Å²) < 4.78 is 5.74. The lowest BCUT2D eigenvalue weighted by molar-refractivity contribution is 0.305. The van der Waals surface area contributed by atoms with E-state index in [1.165, 1.54) is 22.1 Å². The summed E-state index contributed by atoms with van der Waals surface area (Å²) >= 11 is 1.50. The van der Waals surface area contributed by atoms with Gasteiger partial charge in [0.15, 0.2) is 5.01 Å². The van der Waals surface area contributed by atoms with Crippen LogP contribution in [0.2, 0.25) is 0 Å². The molecule has 2 aromatic carbocycles. The number of benzene rings is 2. The summed E-state index contributed by atoms with van der Waals surface area (Å²) in [6, 6.07) is 14.3. The van der Waals surface area contributed by atoms with Crippen LogP contribution in [-0.4, -0.2) is 17.2 Å². The molecule has 0 bridgehead atoms. The second-order valence-corrected chi connectivity index (χ2v) is 5.11. The molecule has 0 fully saturated rings. The Kier molecular flexibility index (Phi) is 3.29. The molecule has 0 saturated heterocycles. The summed E-state index contributed by atoms with van der Waals surface area (Å²) in [4.78, 5) is 0. The summed E-state index contributed by atoms with van der Waals surface area (Å²) in [6.45, 7) is 0.442. The van der Waals surface area contributed by atoms with E-state index in [9.17, 15) is 0 Å². The standard InChI is InChI=1S/C14H13N3OS/c1-15-14-17-16-13(19-14)9-18-12-7-6-10-4-2-3-5-11(10)8-12/h2-8H,9H2,1H3,(H,15,17). The first kappa shape index (κ1) is 11.9. The fourth-order valence-electron chi connectivity index (χ4n) is 1.82. The van der Waals surface area contributed by atoms with Crippen molar-refractivity contribution in [3.63, 3.8) is 0 Å². The van der Waals surface area contributed by atoms with Gasteiger partial charge in [0.1, 0.15) is 12.4 Å². The van der Waals surface area contributed by atoms with Crippen LogP contribution in [0, 0.1) is 0 Å². The third kappa shape index (κ3) is 2.66. The van der Waals surface area contributed by atoms with Gasteiger partial charge in [0.2, 0.25) is 5.13 Å². The third-order valence-electron chi connectivity index (χ3n) is 2.76. The molecule has 3 aromatic rings. The molecule has 1 heterocycles. The zero-order valence-electron chi connectivity index (χ0n) is 10.5. The average molecular weight is 271 g/mol. The molecule has 1 N–H and O–H groups in total. The molecule has 0 atom stereocenters. The van der Waals surface area contributed by atoms with Crippen molar-refractivity contribution >= 4 is 27.2 Å². The normalized spacial score (nSPS) is 10.6. The Morgan fingerprint density at radius 2 is 1.95 bits per heavy atom. The van der Waals surface area contributed by atoms with Crippen LogP contribution in [0.15, 0.2) is 42.5 Å². The highest BCUT2D eigenvalue weighted by Crippen LogP contribution is 2.22. The van der Waals surface area contributed by atoms with Crippen molar-refractivity contribution in [3.8, 4) is 5.75 Å². The number of nitrogens with one attached hydrogen (secondary N) is 1. The first-order valence-corrected chi connectivity index (χ1v) is 6.78. The molecule has 0 aliphatic carbocycles. The molecule has 5 heteroatoms. The van der Waals surface area contributed by atoms with Gasteiger partial charge >= 0.3 is 0 Å². The number of aromatic nitrogens is 2. The molecule has 96 valence electrons. The lowest BCUT2D eigenvalue weighted by Gasteiger charge is -2.05. The first-order chi connectivity index (χ1) is 9.35. The van der Waals surface area contributed by atoms with Crippen LogP contribution in [0.1, 0.15) is 5.01 Å². The number of fused-ring (bicyclic) bond motifs is 1. The predicted octanol–water partition coefficient (Wildman–Crippen LogP) is 3.31. The summed E-state index contributed by atoms with van der Waals surface area (Å²) in [7, 11) is 1.83. The van der Waals surface area contributed by atoms with Gasteiger partial charge in [-0.1, -0.05) is 41.7 Å². The SMILES string of the molecule is CNc1nnc(COc2ccc3ccccc3c2)s1. The molecule has 0 spiro atoms. The number of ether oxygens (including phenoxy) is 1. The molecule has 4 nitrogen and oxygen atoms in total. The van der Waals surface area contributed by atoms with Gasteiger partial charge in [0, 0.05) is 7.05 Å². The minimum Gasteiger partial charge on any atom is -0.486 e. The van der Waals surface area contributed by atoms with Crippen molar-refractivity contribution in [3.05, 3.63) is 47.5 Å². The highest BCUT2D eigenvalue weighted by Gasteiger charge is 2.03. The number of rotatable bonds is 4. The highest BCUT2D eigenvalue weighted by atomic mass is 32.1. The number of nitrogens with zero attached hydrogens (tertiary/aromatic N) is 2. The summed E-state index contributed by atoms with van der Waals surface area (Å²) in [5, 5.41) is 15.0. The zero-order chi connectivity index (χ0) is 13.1. The Labute approximate surface area is 115 Å². The summed E-state index contributed by atoms with van der Waals surface area (Å²) in [5.74, 6) is 0.847. The Morgan fingerprint density at radius 3 is 2.74 bits per heavy atom. The number of hydrogen-bond donors (Lipinski definition) is 1. The van der Waals surface area contributed by atoms with E-state index in [1.807, 2.05) is 31.3 Å². The molecular formula is C14H13N3OS. The predicted molar refractivity (Wildman–Crippen MR) is 77.7 cm³/mol. The Bertz CT molecular complexity index is 696. The van der Waals surface area contributed by atoms with E-state index in [-0.39, 0.29) is 0 Å². The molecule has 19 heavy (non-hydrogen) atoms. The van der Waals surface area contributed by atoms with Crippen LogP contribution >= 0.6 is 11.3 Å². The zero-order valence-corrected chi connectivity index (χ0v) is 11.3. The van der Waals surface area contributed by atoms with E-state index in [4.69, 9.17) is 4.74 Å². The van der Waals surface area contributed by atoms with E-state index in [0.29, 0.717) is 6.61 Å². The highest BCUT2D eigenvalue weighted by molar-refractivity contribution is 7.15. The van der Waals surface area contributed by atoms with E-state index >= 15 is 0 Å². The average Bonchev–Trinajstić information content (AvgIpc) is 2.93. The van der Waals surface area contributed by atoms with Gasteiger partial charge < -0.3 is 10.1 Å². The molecule has 0 saturated carbocycles. The molecule has 0 aliphatic rings. The molecule has 0 radical (unpaired) electrons. The van der Waals surface area contributed by atoms with Crippen LogP contribution in [0.3, 0.4) is 0 Å². The van der Waals surface area contributed by atoms with Gasteiger partial charge in [0.05, 0.1) is 0 Å². The van der Waals surface area contributed by atoms with Gasteiger partial charge in [-0.3, -0.25) is 0 Å². The molecular weight excluding hydrogens is 258 g/mol. The van der Waals surface area contributed by atoms with E-state index in [0.717, 1.165) is 15.9 Å². The maximum Gasteiger partial charge on any atom is 0.205 e. The number of hydrogen-bond acceptors (Lipinski definition) is 5.